The molecular weight excluding hydrogens is 250 g/mol. The molecule has 1 aromatic carbocycles. The molecule has 2 heterocycles. The summed E-state index contributed by atoms with van der Waals surface area (Å²) in [7, 11) is 2.00. The average molecular weight is 271 g/mol. The molecule has 3 nitrogen and oxygen atoms in total. The number of hydrogen-bond acceptors (Lipinski definition) is 3. The molecule has 2 aromatic rings. The maximum absolute atomic E-state index is 5.55. The van der Waals surface area contributed by atoms with Crippen molar-refractivity contribution in [3.63, 3.8) is 0 Å². The molecule has 3 heteroatoms. The quantitative estimate of drug-likeness (QED) is 0.905. The summed E-state index contributed by atoms with van der Waals surface area (Å²) in [5, 5.41) is 3.37. The Balaban J connectivity index is 1.66. The fourth-order valence-electron chi connectivity index (χ4n) is 2.83. The number of furan rings is 1. The van der Waals surface area contributed by atoms with Crippen LogP contribution in [0.25, 0.3) is 0 Å². The molecule has 0 bridgehead atoms. The van der Waals surface area contributed by atoms with Gasteiger partial charge in [0.1, 0.15) is 11.5 Å². The van der Waals surface area contributed by atoms with Gasteiger partial charge in [0, 0.05) is 18.0 Å². The summed E-state index contributed by atoms with van der Waals surface area (Å²) >= 11 is 0. The monoisotopic (exact) mass is 271 g/mol. The van der Waals surface area contributed by atoms with Crippen LogP contribution in [-0.4, -0.2) is 13.7 Å². The van der Waals surface area contributed by atoms with Crippen LogP contribution in [0.2, 0.25) is 0 Å². The fourth-order valence-corrected chi connectivity index (χ4v) is 2.83. The normalized spacial score (nSPS) is 14.9. The summed E-state index contributed by atoms with van der Waals surface area (Å²) in [6.45, 7) is 2.81. The minimum absolute atomic E-state index is 0.344. The molecule has 0 fully saturated rings. The van der Waals surface area contributed by atoms with E-state index in [2.05, 4.69) is 29.6 Å². The Labute approximate surface area is 119 Å². The Kier molecular flexibility index (Phi) is 3.79. The van der Waals surface area contributed by atoms with Crippen molar-refractivity contribution in [3.8, 4) is 5.75 Å². The zero-order valence-electron chi connectivity index (χ0n) is 12.1. The van der Waals surface area contributed by atoms with E-state index < -0.39 is 0 Å². The highest BCUT2D eigenvalue weighted by Gasteiger charge is 2.14. The molecule has 0 aliphatic carbocycles. The molecule has 0 saturated carbocycles. The molecule has 0 saturated heterocycles. The van der Waals surface area contributed by atoms with Gasteiger partial charge in [-0.3, -0.25) is 0 Å². The summed E-state index contributed by atoms with van der Waals surface area (Å²) in [5.41, 5.74) is 3.96. The topological polar surface area (TPSA) is 34.4 Å². The van der Waals surface area contributed by atoms with E-state index in [0.29, 0.717) is 6.04 Å². The number of benzene rings is 1. The van der Waals surface area contributed by atoms with Gasteiger partial charge in [-0.05, 0) is 50.1 Å². The van der Waals surface area contributed by atoms with Crippen molar-refractivity contribution in [1.82, 2.24) is 5.32 Å². The van der Waals surface area contributed by atoms with Crippen molar-refractivity contribution in [1.29, 1.82) is 0 Å². The van der Waals surface area contributed by atoms with Gasteiger partial charge in [0.25, 0.3) is 0 Å². The summed E-state index contributed by atoms with van der Waals surface area (Å²) < 4.78 is 11.0. The number of aryl methyl sites for hydroxylation is 2. The molecule has 1 aliphatic heterocycles. The van der Waals surface area contributed by atoms with Crippen molar-refractivity contribution >= 4 is 0 Å². The van der Waals surface area contributed by atoms with E-state index in [4.69, 9.17) is 9.15 Å². The Morgan fingerprint density at radius 3 is 2.95 bits per heavy atom. The van der Waals surface area contributed by atoms with E-state index in [1.807, 2.05) is 20.2 Å². The second kappa shape index (κ2) is 5.71. The molecule has 0 radical (unpaired) electrons. The summed E-state index contributed by atoms with van der Waals surface area (Å²) in [6.07, 6.45) is 5.02. The standard InChI is InChI=1S/C17H21NO2/c1-12-9-15(11-20-12)16(18-2)5-3-13-4-6-17-14(10-13)7-8-19-17/h4,6,9-11,16,18H,3,5,7-8H2,1-2H3. The lowest BCUT2D eigenvalue weighted by Crippen LogP contribution is -2.16. The first-order valence-corrected chi connectivity index (χ1v) is 7.23. The molecule has 0 amide bonds. The lowest BCUT2D eigenvalue weighted by molar-refractivity contribution is 0.357. The van der Waals surface area contributed by atoms with Gasteiger partial charge in [-0.1, -0.05) is 12.1 Å². The molecule has 1 aromatic heterocycles. The molecule has 1 N–H and O–H groups in total. The third-order valence-electron chi connectivity index (χ3n) is 3.98. The van der Waals surface area contributed by atoms with Gasteiger partial charge in [-0.15, -0.1) is 0 Å². The molecule has 1 atom stereocenters. The SMILES string of the molecule is CNC(CCc1ccc2c(c1)CCO2)c1coc(C)c1. The molecular formula is C17H21NO2. The highest BCUT2D eigenvalue weighted by atomic mass is 16.5. The van der Waals surface area contributed by atoms with Crippen molar-refractivity contribution in [3.05, 3.63) is 53.0 Å². The predicted octanol–water partition coefficient (Wildman–Crippen LogP) is 3.42. The van der Waals surface area contributed by atoms with E-state index >= 15 is 0 Å². The minimum atomic E-state index is 0.344. The minimum Gasteiger partial charge on any atom is -0.493 e. The van der Waals surface area contributed by atoms with Crippen LogP contribution >= 0.6 is 0 Å². The number of rotatable bonds is 5. The van der Waals surface area contributed by atoms with Crippen LogP contribution in [0.5, 0.6) is 5.75 Å². The summed E-state index contributed by atoms with van der Waals surface area (Å²) in [6, 6.07) is 9.02. The Hall–Kier alpha value is -1.74. The number of nitrogens with one attached hydrogen (secondary N) is 1. The van der Waals surface area contributed by atoms with Crippen LogP contribution < -0.4 is 10.1 Å². The van der Waals surface area contributed by atoms with Crippen LogP contribution in [0.4, 0.5) is 0 Å². The van der Waals surface area contributed by atoms with E-state index in [-0.39, 0.29) is 0 Å². The zero-order chi connectivity index (χ0) is 13.9. The molecule has 106 valence electrons. The first-order valence-electron chi connectivity index (χ1n) is 7.23. The van der Waals surface area contributed by atoms with Gasteiger partial charge >= 0.3 is 0 Å². The van der Waals surface area contributed by atoms with E-state index in [0.717, 1.165) is 37.4 Å². The third kappa shape index (κ3) is 2.73. The summed E-state index contributed by atoms with van der Waals surface area (Å²) in [4.78, 5) is 0. The summed E-state index contributed by atoms with van der Waals surface area (Å²) in [5.74, 6) is 2.03. The predicted molar refractivity (Wildman–Crippen MR) is 79.2 cm³/mol. The molecule has 0 spiro atoms. The van der Waals surface area contributed by atoms with Crippen LogP contribution in [-0.2, 0) is 12.8 Å². The largest absolute Gasteiger partial charge is 0.493 e. The number of hydrogen-bond donors (Lipinski definition) is 1. The lowest BCUT2D eigenvalue weighted by atomic mass is 9.99. The lowest BCUT2D eigenvalue weighted by Gasteiger charge is -2.14. The van der Waals surface area contributed by atoms with Crippen molar-refractivity contribution in [2.75, 3.05) is 13.7 Å². The molecule has 20 heavy (non-hydrogen) atoms. The molecule has 1 aliphatic rings. The Morgan fingerprint density at radius 2 is 2.20 bits per heavy atom. The average Bonchev–Trinajstić information content (AvgIpc) is 3.08. The second-order valence-corrected chi connectivity index (χ2v) is 5.41. The van der Waals surface area contributed by atoms with Crippen molar-refractivity contribution in [2.24, 2.45) is 0 Å². The molecule has 1 unspecified atom stereocenters. The highest BCUT2D eigenvalue weighted by molar-refractivity contribution is 5.39. The first kappa shape index (κ1) is 13.3. The second-order valence-electron chi connectivity index (χ2n) is 5.41. The maximum atomic E-state index is 5.55. The van der Waals surface area contributed by atoms with Crippen LogP contribution in [0, 0.1) is 6.92 Å². The van der Waals surface area contributed by atoms with E-state index in [1.54, 1.807) is 0 Å². The van der Waals surface area contributed by atoms with Gasteiger partial charge < -0.3 is 14.5 Å². The zero-order valence-corrected chi connectivity index (χ0v) is 12.1. The highest BCUT2D eigenvalue weighted by Crippen LogP contribution is 2.27. The van der Waals surface area contributed by atoms with Crippen LogP contribution in [0.1, 0.15) is 34.9 Å². The Bertz CT molecular complexity index is 588. The van der Waals surface area contributed by atoms with Crippen LogP contribution in [0.15, 0.2) is 34.9 Å². The maximum Gasteiger partial charge on any atom is 0.122 e. The number of fused-ring (bicyclic) bond motifs is 1. The van der Waals surface area contributed by atoms with Gasteiger partial charge in [0.2, 0.25) is 0 Å². The van der Waals surface area contributed by atoms with E-state index in [1.165, 1.54) is 16.7 Å². The van der Waals surface area contributed by atoms with Crippen LogP contribution in [0.3, 0.4) is 0 Å². The molecule has 3 rings (SSSR count). The van der Waals surface area contributed by atoms with Gasteiger partial charge in [-0.2, -0.15) is 0 Å². The van der Waals surface area contributed by atoms with Gasteiger partial charge in [0.05, 0.1) is 12.9 Å². The smallest absolute Gasteiger partial charge is 0.122 e. The van der Waals surface area contributed by atoms with Crippen molar-refractivity contribution < 1.29 is 9.15 Å². The first-order chi connectivity index (χ1) is 9.76. The number of ether oxygens (including phenoxy) is 1. The van der Waals surface area contributed by atoms with Gasteiger partial charge in [0.15, 0.2) is 0 Å². The van der Waals surface area contributed by atoms with Gasteiger partial charge in [-0.25, -0.2) is 0 Å². The van der Waals surface area contributed by atoms with E-state index in [9.17, 15) is 0 Å². The Morgan fingerprint density at radius 1 is 1.30 bits per heavy atom. The third-order valence-corrected chi connectivity index (χ3v) is 3.98. The fraction of sp³-hybridized carbons (Fsp3) is 0.412. The van der Waals surface area contributed by atoms with Crippen molar-refractivity contribution in [2.45, 2.75) is 32.2 Å².